The van der Waals surface area contributed by atoms with Crippen molar-refractivity contribution >= 4 is 46.7 Å². The Kier molecular flexibility index (Phi) is 7.93. The van der Waals surface area contributed by atoms with E-state index in [0.717, 1.165) is 73.4 Å². The maximum absolute atomic E-state index is 12.7. The summed E-state index contributed by atoms with van der Waals surface area (Å²) in [6.07, 6.45) is 2.00. The largest absolute Gasteiger partial charge is 0.494 e. The van der Waals surface area contributed by atoms with Gasteiger partial charge in [-0.05, 0) is 70.1 Å². The first-order valence-electron chi connectivity index (χ1n) is 16.9. The van der Waals surface area contributed by atoms with Crippen LogP contribution < -0.4 is 20.6 Å². The number of carbonyl (C=O) groups is 2. The van der Waals surface area contributed by atoms with Gasteiger partial charge in [0.15, 0.2) is 0 Å². The molecule has 10 nitrogen and oxygen atoms in total. The van der Waals surface area contributed by atoms with Crippen molar-refractivity contribution < 1.29 is 18.9 Å². The predicted molar refractivity (Wildman–Crippen MR) is 182 cm³/mol. The lowest BCUT2D eigenvalue weighted by Crippen LogP contribution is -2.56. The van der Waals surface area contributed by atoms with Gasteiger partial charge in [-0.1, -0.05) is 31.2 Å². The van der Waals surface area contributed by atoms with E-state index in [0.29, 0.717) is 24.8 Å². The van der Waals surface area contributed by atoms with Crippen molar-refractivity contribution in [1.29, 1.82) is 0 Å². The van der Waals surface area contributed by atoms with Gasteiger partial charge in [-0.25, -0.2) is 0 Å². The maximum atomic E-state index is 12.7. The molecule has 0 bridgehead atoms. The minimum Gasteiger partial charge on any atom is -0.399 e. The van der Waals surface area contributed by atoms with Crippen LogP contribution in [0, 0.1) is 5.92 Å². The van der Waals surface area contributed by atoms with Gasteiger partial charge in [0.1, 0.15) is 0 Å². The summed E-state index contributed by atoms with van der Waals surface area (Å²) in [6.45, 7) is 16.8. The van der Waals surface area contributed by atoms with Crippen LogP contribution in [0.3, 0.4) is 0 Å². The highest BCUT2D eigenvalue weighted by atomic mass is 16.7. The van der Waals surface area contributed by atoms with E-state index in [4.69, 9.17) is 14.4 Å². The number of para-hydroxylation sites is 1. The van der Waals surface area contributed by atoms with Gasteiger partial charge < -0.3 is 19.1 Å². The molecule has 0 radical (unpaired) electrons. The van der Waals surface area contributed by atoms with E-state index in [1.165, 1.54) is 5.69 Å². The quantitative estimate of drug-likeness (QED) is 0.341. The molecule has 4 saturated heterocycles. The fourth-order valence-electron chi connectivity index (χ4n) is 7.84. The molecule has 244 valence electrons. The Morgan fingerprint density at radius 3 is 2.24 bits per heavy atom. The molecule has 2 aromatic carbocycles. The van der Waals surface area contributed by atoms with Crippen LogP contribution in [0.15, 0.2) is 42.5 Å². The lowest BCUT2D eigenvalue weighted by atomic mass is 9.79. The summed E-state index contributed by atoms with van der Waals surface area (Å²) in [5.74, 6) is -0.282. The van der Waals surface area contributed by atoms with Crippen LogP contribution >= 0.6 is 0 Å². The first-order valence-corrected chi connectivity index (χ1v) is 16.9. The molecule has 0 saturated carbocycles. The number of amides is 2. The molecular formula is C35H47BN6O4. The van der Waals surface area contributed by atoms with E-state index < -0.39 is 5.92 Å². The number of aromatic nitrogens is 2. The molecule has 0 spiro atoms. The van der Waals surface area contributed by atoms with Crippen molar-refractivity contribution in [3.05, 3.63) is 48.2 Å². The Bertz CT molecular complexity index is 1610. The van der Waals surface area contributed by atoms with Crippen LogP contribution in [-0.2, 0) is 25.9 Å². The maximum Gasteiger partial charge on any atom is 0.494 e. The standard InChI is InChI=1S/C35H47BN6O4/c1-23-22-42(25-12-10-24(11-13-25)36-45-34(2,3)35(4,5)46-36)17-16-28(23)40-18-20-41(21-19-40)29-9-7-8-26-31(38-39(6)32(26)29)27-14-15-30(43)37-33(27)44/h7-13,23,27-28H,14-22H2,1-6H3,(H,37,43,44)/t23-,27?,28+/m0/s1. The molecule has 4 fully saturated rings. The molecule has 4 aliphatic rings. The minimum absolute atomic E-state index is 0.201. The van der Waals surface area contributed by atoms with Crippen LogP contribution in [0.5, 0.6) is 0 Å². The van der Waals surface area contributed by atoms with E-state index in [9.17, 15) is 9.59 Å². The molecule has 11 heteroatoms. The van der Waals surface area contributed by atoms with E-state index in [-0.39, 0.29) is 30.1 Å². The van der Waals surface area contributed by atoms with Gasteiger partial charge in [0.25, 0.3) is 0 Å². The third-order valence-corrected chi connectivity index (χ3v) is 11.2. The van der Waals surface area contributed by atoms with E-state index in [1.54, 1.807) is 0 Å². The van der Waals surface area contributed by atoms with Gasteiger partial charge in [0.05, 0.1) is 34.0 Å². The zero-order valence-electron chi connectivity index (χ0n) is 28.1. The smallest absolute Gasteiger partial charge is 0.399 e. The number of anilines is 2. The average Bonchev–Trinajstić information content (AvgIpc) is 3.48. The minimum atomic E-state index is -0.395. The molecule has 3 aromatic rings. The molecule has 7 rings (SSSR count). The molecule has 1 N–H and O–H groups in total. The van der Waals surface area contributed by atoms with Crippen molar-refractivity contribution in [3.8, 4) is 0 Å². The second kappa shape index (κ2) is 11.7. The molecule has 3 atom stereocenters. The molecular weight excluding hydrogens is 579 g/mol. The summed E-state index contributed by atoms with van der Waals surface area (Å²) in [5, 5.41) is 8.30. The number of imide groups is 1. The molecule has 4 aliphatic heterocycles. The van der Waals surface area contributed by atoms with E-state index in [2.05, 4.69) is 97.1 Å². The molecule has 5 heterocycles. The second-order valence-corrected chi connectivity index (χ2v) is 14.7. The van der Waals surface area contributed by atoms with Crippen molar-refractivity contribution in [3.63, 3.8) is 0 Å². The van der Waals surface area contributed by atoms with E-state index in [1.807, 2.05) is 11.7 Å². The van der Waals surface area contributed by atoms with Gasteiger partial charge in [-0.2, -0.15) is 5.10 Å². The number of hydrogen-bond donors (Lipinski definition) is 1. The second-order valence-electron chi connectivity index (χ2n) is 14.7. The average molecular weight is 627 g/mol. The fraction of sp³-hybridized carbons (Fsp3) is 0.571. The summed E-state index contributed by atoms with van der Waals surface area (Å²) in [5.41, 5.74) is 4.64. The highest BCUT2D eigenvalue weighted by molar-refractivity contribution is 6.62. The summed E-state index contributed by atoms with van der Waals surface area (Å²) >= 11 is 0. The van der Waals surface area contributed by atoms with Gasteiger partial charge in [-0.15, -0.1) is 0 Å². The normalized spacial score (nSPS) is 27.0. The summed E-state index contributed by atoms with van der Waals surface area (Å²) in [6, 6.07) is 15.6. The molecule has 1 unspecified atom stereocenters. The number of benzene rings is 2. The summed E-state index contributed by atoms with van der Waals surface area (Å²) < 4.78 is 14.4. The predicted octanol–water partition coefficient (Wildman–Crippen LogP) is 3.43. The molecule has 0 aliphatic carbocycles. The van der Waals surface area contributed by atoms with Crippen LogP contribution in [-0.4, -0.2) is 90.1 Å². The number of hydrogen-bond acceptors (Lipinski definition) is 8. The highest BCUT2D eigenvalue weighted by Gasteiger charge is 2.51. The Balaban J connectivity index is 0.974. The third kappa shape index (κ3) is 5.50. The number of rotatable bonds is 5. The Morgan fingerprint density at radius 1 is 0.891 bits per heavy atom. The van der Waals surface area contributed by atoms with Crippen molar-refractivity contribution in [2.24, 2.45) is 13.0 Å². The van der Waals surface area contributed by atoms with Crippen molar-refractivity contribution in [2.75, 3.05) is 49.1 Å². The zero-order chi connectivity index (χ0) is 32.4. The molecule has 2 amide bonds. The Hall–Kier alpha value is -3.41. The number of fused-ring (bicyclic) bond motifs is 1. The number of aryl methyl sites for hydroxylation is 1. The first kappa shape index (κ1) is 31.2. The van der Waals surface area contributed by atoms with Gasteiger partial charge in [0, 0.05) is 69.9 Å². The fourth-order valence-corrected chi connectivity index (χ4v) is 7.84. The lowest BCUT2D eigenvalue weighted by molar-refractivity contribution is -0.134. The van der Waals surface area contributed by atoms with Gasteiger partial charge in [0.2, 0.25) is 11.8 Å². The van der Waals surface area contributed by atoms with Crippen molar-refractivity contribution in [1.82, 2.24) is 20.0 Å². The number of nitrogens with one attached hydrogen (secondary N) is 1. The van der Waals surface area contributed by atoms with Crippen molar-refractivity contribution in [2.45, 2.75) is 77.0 Å². The zero-order valence-corrected chi connectivity index (χ0v) is 28.1. The monoisotopic (exact) mass is 626 g/mol. The lowest BCUT2D eigenvalue weighted by Gasteiger charge is -2.46. The number of nitrogens with zero attached hydrogens (tertiary/aromatic N) is 5. The summed E-state index contributed by atoms with van der Waals surface area (Å²) in [4.78, 5) is 32.1. The highest BCUT2D eigenvalue weighted by Crippen LogP contribution is 2.38. The number of piperidine rings is 2. The topological polar surface area (TPSA) is 92.2 Å². The Morgan fingerprint density at radius 2 is 1.59 bits per heavy atom. The van der Waals surface area contributed by atoms with Crippen LogP contribution in [0.1, 0.15) is 65.5 Å². The molecule has 1 aromatic heterocycles. The van der Waals surface area contributed by atoms with E-state index >= 15 is 0 Å². The third-order valence-electron chi connectivity index (χ3n) is 11.2. The SMILES string of the molecule is C[C@H]1CN(c2ccc(B3OC(C)(C)C(C)(C)O3)cc2)CC[C@H]1N1CCN(c2cccc3c(C4CCC(=O)NC4=O)nn(C)c23)CC1. The number of carbonyl (C=O) groups excluding carboxylic acids is 2. The first-order chi connectivity index (χ1) is 21.9. The van der Waals surface area contributed by atoms with Gasteiger partial charge in [-0.3, -0.25) is 24.5 Å². The number of piperazine rings is 1. The Labute approximate surface area is 272 Å². The van der Waals surface area contributed by atoms with Gasteiger partial charge >= 0.3 is 7.12 Å². The summed E-state index contributed by atoms with van der Waals surface area (Å²) in [7, 11) is 1.62. The van der Waals surface area contributed by atoms with Crippen LogP contribution in [0.25, 0.3) is 10.9 Å². The molecule has 46 heavy (non-hydrogen) atoms. The van der Waals surface area contributed by atoms with Crippen LogP contribution in [0.4, 0.5) is 11.4 Å². The van der Waals surface area contributed by atoms with Crippen LogP contribution in [0.2, 0.25) is 0 Å².